The van der Waals surface area contributed by atoms with Gasteiger partial charge in [0.25, 0.3) is 0 Å². The second-order valence-electron chi connectivity index (χ2n) is 6.40. The molecule has 9 heteroatoms. The van der Waals surface area contributed by atoms with Crippen molar-refractivity contribution < 1.29 is 22.7 Å². The number of aromatic nitrogens is 3. The van der Waals surface area contributed by atoms with Crippen molar-refractivity contribution in [3.8, 4) is 11.1 Å². The normalized spacial score (nSPS) is 11.5. The largest absolute Gasteiger partial charge is 0.465 e. The van der Waals surface area contributed by atoms with E-state index in [-0.39, 0.29) is 5.95 Å². The molecule has 30 heavy (non-hydrogen) atoms. The number of fused-ring (bicyclic) bond motifs is 1. The first kappa shape index (κ1) is 19.4. The Balaban J connectivity index is 1.67. The molecule has 0 saturated carbocycles. The van der Waals surface area contributed by atoms with Crippen LogP contribution in [0.1, 0.15) is 15.9 Å². The number of hydrogen-bond acceptors (Lipinski definition) is 5. The van der Waals surface area contributed by atoms with Gasteiger partial charge in [-0.1, -0.05) is 12.1 Å². The van der Waals surface area contributed by atoms with E-state index in [9.17, 15) is 18.0 Å². The van der Waals surface area contributed by atoms with Gasteiger partial charge in [0, 0.05) is 17.4 Å². The van der Waals surface area contributed by atoms with Gasteiger partial charge in [-0.05, 0) is 54.1 Å². The molecular weight excluding hydrogens is 397 g/mol. The summed E-state index contributed by atoms with van der Waals surface area (Å²) in [6.07, 6.45) is -2.77. The number of alkyl halides is 3. The molecule has 0 aliphatic heterocycles. The van der Waals surface area contributed by atoms with Gasteiger partial charge >= 0.3 is 12.1 Å². The van der Waals surface area contributed by atoms with Gasteiger partial charge in [0.2, 0.25) is 5.95 Å². The van der Waals surface area contributed by atoms with Crippen molar-refractivity contribution in [2.75, 3.05) is 12.4 Å². The van der Waals surface area contributed by atoms with Gasteiger partial charge in [0.15, 0.2) is 5.65 Å². The Morgan fingerprint density at radius 1 is 1.07 bits per heavy atom. The van der Waals surface area contributed by atoms with E-state index in [2.05, 4.69) is 20.1 Å². The number of nitrogens with one attached hydrogen (secondary N) is 1. The lowest BCUT2D eigenvalue weighted by atomic mass is 10.0. The van der Waals surface area contributed by atoms with E-state index in [4.69, 9.17) is 0 Å². The molecule has 0 saturated heterocycles. The fourth-order valence-corrected chi connectivity index (χ4v) is 2.98. The summed E-state index contributed by atoms with van der Waals surface area (Å²) >= 11 is 0. The fraction of sp³-hybridized carbons (Fsp3) is 0.0952. The highest BCUT2D eigenvalue weighted by atomic mass is 19.4. The minimum absolute atomic E-state index is 0.264. The molecule has 4 aromatic rings. The van der Waals surface area contributed by atoms with Crippen molar-refractivity contribution in [2.24, 2.45) is 0 Å². The van der Waals surface area contributed by atoms with Gasteiger partial charge in [0.1, 0.15) is 0 Å². The molecule has 2 heterocycles. The maximum atomic E-state index is 13.1. The number of pyridine rings is 1. The highest BCUT2D eigenvalue weighted by molar-refractivity contribution is 5.89. The fourth-order valence-electron chi connectivity index (χ4n) is 2.98. The lowest BCUT2D eigenvalue weighted by Gasteiger charge is -2.09. The van der Waals surface area contributed by atoms with Crippen LogP contribution in [-0.4, -0.2) is 27.7 Å². The summed E-state index contributed by atoms with van der Waals surface area (Å²) in [4.78, 5) is 15.9. The Morgan fingerprint density at radius 3 is 2.53 bits per heavy atom. The molecule has 6 nitrogen and oxygen atoms in total. The highest BCUT2D eigenvalue weighted by Crippen LogP contribution is 2.33. The molecule has 0 aliphatic rings. The summed E-state index contributed by atoms with van der Waals surface area (Å²) in [6, 6.07) is 15.0. The number of ether oxygens (including phenoxy) is 1. The van der Waals surface area contributed by atoms with Crippen molar-refractivity contribution in [2.45, 2.75) is 6.18 Å². The number of esters is 1. The number of hydrogen-bond donors (Lipinski definition) is 1. The van der Waals surface area contributed by atoms with Crippen molar-refractivity contribution >= 4 is 23.3 Å². The smallest absolute Gasteiger partial charge is 0.416 e. The minimum Gasteiger partial charge on any atom is -0.465 e. The summed E-state index contributed by atoms with van der Waals surface area (Å²) in [5, 5.41) is 7.34. The van der Waals surface area contributed by atoms with Crippen LogP contribution >= 0.6 is 0 Å². The number of rotatable bonds is 4. The zero-order valence-electron chi connectivity index (χ0n) is 15.6. The molecule has 0 fully saturated rings. The van der Waals surface area contributed by atoms with Gasteiger partial charge in [-0.3, -0.25) is 0 Å². The number of methoxy groups -OCH3 is 1. The molecule has 0 aliphatic carbocycles. The molecule has 0 bridgehead atoms. The van der Waals surface area contributed by atoms with Gasteiger partial charge in [-0.25, -0.2) is 9.31 Å². The zero-order chi connectivity index (χ0) is 21.3. The third kappa shape index (κ3) is 3.82. The molecule has 0 atom stereocenters. The Hall–Kier alpha value is -3.88. The average Bonchev–Trinajstić information content (AvgIpc) is 3.15. The van der Waals surface area contributed by atoms with Gasteiger partial charge in [-0.15, -0.1) is 5.10 Å². The van der Waals surface area contributed by atoms with Crippen molar-refractivity contribution in [3.63, 3.8) is 0 Å². The quantitative estimate of drug-likeness (QED) is 0.481. The lowest BCUT2D eigenvalue weighted by Crippen LogP contribution is -2.04. The number of benzene rings is 2. The Labute approximate surface area is 168 Å². The standard InChI is InChI=1S/C21H15F3N4O2/c1-30-19(29)13-7-9-16(10-8-13)25-20-26-18-17(6-3-11-28(18)27-20)14-4-2-5-15(12-14)21(22,23)24/h2-12H,1H3,(H,25,27). The van der Waals surface area contributed by atoms with Crippen molar-refractivity contribution in [1.82, 2.24) is 14.6 Å². The van der Waals surface area contributed by atoms with E-state index in [0.29, 0.717) is 28.0 Å². The highest BCUT2D eigenvalue weighted by Gasteiger charge is 2.30. The van der Waals surface area contributed by atoms with Gasteiger partial charge in [0.05, 0.1) is 18.2 Å². The van der Waals surface area contributed by atoms with E-state index < -0.39 is 17.7 Å². The molecule has 0 spiro atoms. The van der Waals surface area contributed by atoms with E-state index >= 15 is 0 Å². The van der Waals surface area contributed by atoms with Crippen LogP contribution in [0.2, 0.25) is 0 Å². The number of nitrogens with zero attached hydrogens (tertiary/aromatic N) is 3. The summed E-state index contributed by atoms with van der Waals surface area (Å²) < 4.78 is 45.4. The molecule has 2 aromatic carbocycles. The molecule has 1 N–H and O–H groups in total. The number of halogens is 3. The average molecular weight is 412 g/mol. The van der Waals surface area contributed by atoms with Crippen LogP contribution < -0.4 is 5.32 Å². The Bertz CT molecular complexity index is 1220. The van der Waals surface area contributed by atoms with Crippen LogP contribution in [-0.2, 0) is 10.9 Å². The molecule has 2 aromatic heterocycles. The number of carbonyl (C=O) groups excluding carboxylic acids is 1. The second-order valence-corrected chi connectivity index (χ2v) is 6.40. The van der Waals surface area contributed by atoms with Crippen LogP contribution in [0.5, 0.6) is 0 Å². The Morgan fingerprint density at radius 2 is 1.83 bits per heavy atom. The van der Waals surface area contributed by atoms with Gasteiger partial charge < -0.3 is 10.1 Å². The first-order valence-corrected chi connectivity index (χ1v) is 8.83. The molecule has 4 rings (SSSR count). The van der Waals surface area contributed by atoms with Crippen molar-refractivity contribution in [1.29, 1.82) is 0 Å². The van der Waals surface area contributed by atoms with Crippen LogP contribution in [0.3, 0.4) is 0 Å². The van der Waals surface area contributed by atoms with Crippen LogP contribution in [0.25, 0.3) is 16.8 Å². The first-order valence-electron chi connectivity index (χ1n) is 8.83. The maximum absolute atomic E-state index is 13.1. The maximum Gasteiger partial charge on any atom is 0.416 e. The predicted octanol–water partition coefficient (Wildman–Crippen LogP) is 4.95. The SMILES string of the molecule is COC(=O)c1ccc(Nc2nc3c(-c4cccc(C(F)(F)F)c4)cccn3n2)cc1. The molecule has 0 amide bonds. The zero-order valence-corrected chi connectivity index (χ0v) is 15.6. The summed E-state index contributed by atoms with van der Waals surface area (Å²) in [5.41, 5.74) is 1.62. The molecular formula is C21H15F3N4O2. The lowest BCUT2D eigenvalue weighted by molar-refractivity contribution is -0.137. The van der Waals surface area contributed by atoms with Crippen LogP contribution in [0, 0.1) is 0 Å². The van der Waals surface area contributed by atoms with Crippen LogP contribution in [0.4, 0.5) is 24.8 Å². The third-order valence-electron chi connectivity index (χ3n) is 4.43. The summed E-state index contributed by atoms with van der Waals surface area (Å²) in [5.74, 6) is -0.182. The monoisotopic (exact) mass is 412 g/mol. The first-order chi connectivity index (χ1) is 14.3. The topological polar surface area (TPSA) is 68.5 Å². The molecule has 0 radical (unpaired) electrons. The second kappa shape index (κ2) is 7.51. The number of carbonyl (C=O) groups is 1. The predicted molar refractivity (Wildman–Crippen MR) is 104 cm³/mol. The third-order valence-corrected chi connectivity index (χ3v) is 4.43. The van der Waals surface area contributed by atoms with E-state index in [1.807, 2.05) is 0 Å². The summed E-state index contributed by atoms with van der Waals surface area (Å²) in [6.45, 7) is 0. The summed E-state index contributed by atoms with van der Waals surface area (Å²) in [7, 11) is 1.30. The number of anilines is 2. The van der Waals surface area contributed by atoms with Crippen LogP contribution in [0.15, 0.2) is 66.9 Å². The minimum atomic E-state index is -4.43. The van der Waals surface area contributed by atoms with Crippen molar-refractivity contribution in [3.05, 3.63) is 78.0 Å². The van der Waals surface area contributed by atoms with E-state index in [0.717, 1.165) is 12.1 Å². The van der Waals surface area contributed by atoms with Gasteiger partial charge in [-0.2, -0.15) is 18.2 Å². The molecule has 152 valence electrons. The molecule has 0 unspecified atom stereocenters. The van der Waals surface area contributed by atoms with E-state index in [1.165, 1.54) is 17.7 Å². The Kier molecular flexibility index (Phi) is 4.86. The van der Waals surface area contributed by atoms with E-state index in [1.54, 1.807) is 48.7 Å².